The first-order valence-corrected chi connectivity index (χ1v) is 16.5. The molecule has 8 aromatic rings. The average Bonchev–Trinajstić information content (AvgIpc) is 3.63. The second-order valence-corrected chi connectivity index (χ2v) is 13.3. The van der Waals surface area contributed by atoms with Gasteiger partial charge in [-0.2, -0.15) is 0 Å². The van der Waals surface area contributed by atoms with Gasteiger partial charge in [0.05, 0.1) is 33.3 Å². The maximum Gasteiger partial charge on any atom is 0.149 e. The predicted molar refractivity (Wildman–Crippen MR) is 211 cm³/mol. The number of fused-ring (bicyclic) bond motifs is 1. The van der Waals surface area contributed by atoms with Crippen molar-refractivity contribution in [3.05, 3.63) is 169 Å². The van der Waals surface area contributed by atoms with Crippen LogP contribution in [0.15, 0.2) is 158 Å². The van der Waals surface area contributed by atoms with Gasteiger partial charge in [0.1, 0.15) is 11.6 Å². The lowest BCUT2D eigenvalue weighted by atomic mass is 9.83. The van der Waals surface area contributed by atoms with Crippen LogP contribution >= 0.6 is 0 Å². The number of hydrogen-bond donors (Lipinski definition) is 1. The Morgan fingerprint density at radius 2 is 1.43 bits per heavy atom. The number of pyridine rings is 1. The van der Waals surface area contributed by atoms with Crippen LogP contribution in [0.25, 0.3) is 72.7 Å². The number of benzene rings is 6. The van der Waals surface area contributed by atoms with Crippen LogP contribution in [-0.4, -0.2) is 19.6 Å². The van der Waals surface area contributed by atoms with E-state index in [4.69, 9.17) is 18.7 Å². The minimum atomic E-state index is -2.48. The van der Waals surface area contributed by atoms with E-state index >= 15 is 0 Å². The summed E-state index contributed by atoms with van der Waals surface area (Å²) in [5.74, 6) is 0.317. The Morgan fingerprint density at radius 1 is 0.667 bits per heavy atom. The van der Waals surface area contributed by atoms with E-state index in [-0.39, 0.29) is 34.2 Å². The average molecular weight is 673 g/mol. The van der Waals surface area contributed by atoms with Crippen LogP contribution in [0.2, 0.25) is 0 Å². The predicted octanol–water partition coefficient (Wildman–Crippen LogP) is 12.1. The molecule has 1 N–H and O–H groups in total. The molecule has 0 aliphatic rings. The number of imidazole rings is 1. The molecule has 6 aromatic carbocycles. The molecule has 248 valence electrons. The Bertz CT molecular complexity index is 3070. The van der Waals surface area contributed by atoms with Crippen molar-refractivity contribution in [2.75, 3.05) is 0 Å². The number of phenolic OH excluding ortho intramolecular Hbond substituents is 1. The van der Waals surface area contributed by atoms with Crippen molar-refractivity contribution >= 4 is 11.0 Å². The number of rotatable bonds is 6. The number of para-hydroxylation sites is 2. The normalized spacial score (nSPS) is 14.9. The molecule has 0 aliphatic carbocycles. The second-order valence-electron chi connectivity index (χ2n) is 13.3. The first kappa shape index (κ1) is 21.7. The van der Waals surface area contributed by atoms with Gasteiger partial charge in [0.25, 0.3) is 0 Å². The number of aromatic nitrogens is 3. The summed E-state index contributed by atoms with van der Waals surface area (Å²) in [6.07, 6.45) is -0.539. The van der Waals surface area contributed by atoms with Crippen molar-refractivity contribution in [1.29, 1.82) is 0 Å². The Balaban J connectivity index is 1.40. The fourth-order valence-electron chi connectivity index (χ4n) is 6.28. The van der Waals surface area contributed by atoms with Crippen LogP contribution in [0.5, 0.6) is 5.75 Å². The maximum absolute atomic E-state index is 11.2. The van der Waals surface area contributed by atoms with Gasteiger partial charge in [-0.05, 0) is 106 Å². The fourth-order valence-corrected chi connectivity index (χ4v) is 6.28. The molecule has 0 unspecified atom stereocenters. The van der Waals surface area contributed by atoms with E-state index in [9.17, 15) is 6.48 Å². The van der Waals surface area contributed by atoms with Crippen LogP contribution in [0.1, 0.15) is 47.0 Å². The highest BCUT2D eigenvalue weighted by Gasteiger charge is 2.22. The lowest BCUT2D eigenvalue weighted by molar-refractivity contribution is 0.477. The molecule has 4 nitrogen and oxygen atoms in total. The van der Waals surface area contributed by atoms with Crippen molar-refractivity contribution in [2.24, 2.45) is 0 Å². The molecular weight excluding hydrogens is 623 g/mol. The van der Waals surface area contributed by atoms with Crippen molar-refractivity contribution < 1.29 is 20.2 Å². The molecule has 0 atom stereocenters. The quantitative estimate of drug-likeness (QED) is 0.191. The zero-order valence-electron chi connectivity index (χ0n) is 39.2. The molecule has 0 amide bonds. The van der Waals surface area contributed by atoms with Crippen LogP contribution in [0.4, 0.5) is 0 Å². The molecule has 0 fully saturated rings. The molecule has 0 aliphatic heterocycles. The van der Waals surface area contributed by atoms with Gasteiger partial charge in [0.15, 0.2) is 0 Å². The number of aromatic hydroxyl groups is 1. The fraction of sp³-hybridized carbons (Fsp3) is 0.106. The molecule has 4 heteroatoms. The minimum absolute atomic E-state index is 0.0246. The smallest absolute Gasteiger partial charge is 0.149 e. The highest BCUT2D eigenvalue weighted by atomic mass is 16.3. The summed E-state index contributed by atoms with van der Waals surface area (Å²) >= 11 is 0. The van der Waals surface area contributed by atoms with Gasteiger partial charge in [-0.15, -0.1) is 0 Å². The highest BCUT2D eigenvalue weighted by molar-refractivity contribution is 5.97. The zero-order valence-corrected chi connectivity index (χ0v) is 28.2. The van der Waals surface area contributed by atoms with Crippen LogP contribution < -0.4 is 0 Å². The monoisotopic (exact) mass is 672 g/mol. The summed E-state index contributed by atoms with van der Waals surface area (Å²) in [6.45, 7) is 3.56. The summed E-state index contributed by atoms with van der Waals surface area (Å²) in [5.41, 5.74) is 4.78. The summed E-state index contributed by atoms with van der Waals surface area (Å²) in [6, 6.07) is 28.5. The van der Waals surface area contributed by atoms with Gasteiger partial charge in [-0.25, -0.2) is 4.98 Å². The summed E-state index contributed by atoms with van der Waals surface area (Å²) in [5, 5.41) is 11.2. The number of nitrogens with zero attached hydrogens (tertiary/aromatic N) is 3. The largest absolute Gasteiger partial charge is 0.507 e. The zero-order chi connectivity index (χ0) is 44.6. The highest BCUT2D eigenvalue weighted by Crippen LogP contribution is 2.40. The second kappa shape index (κ2) is 12.9. The molecule has 0 bridgehead atoms. The third kappa shape index (κ3) is 6.10. The van der Waals surface area contributed by atoms with Crippen molar-refractivity contribution in [3.63, 3.8) is 0 Å². The molecule has 0 spiro atoms. The van der Waals surface area contributed by atoms with Crippen molar-refractivity contribution in [3.8, 4) is 67.5 Å². The van der Waals surface area contributed by atoms with E-state index in [1.807, 2.05) is 92.1 Å². The molecule has 0 radical (unpaired) electrons. The van der Waals surface area contributed by atoms with Gasteiger partial charge in [-0.1, -0.05) is 118 Å². The van der Waals surface area contributed by atoms with Crippen molar-refractivity contribution in [2.45, 2.75) is 33.0 Å². The van der Waals surface area contributed by atoms with E-state index in [2.05, 4.69) is 4.98 Å². The maximum atomic E-state index is 11.2. The van der Waals surface area contributed by atoms with Gasteiger partial charge in [0.2, 0.25) is 0 Å². The lowest BCUT2D eigenvalue weighted by Crippen LogP contribution is -2.11. The SMILES string of the molecule is [2H]c1nc(-c2cc(-c3cccc4c3nc(-c3ccccc3O)n4-c3ccc(-c4ccccc4)c(C([2H])([2H])[2H])c3)cc(C(C)(C)C)c2)c([2H])c(-c2c([2H])c([2H])c([2H])c([2H])c2[2H])c1[2H]. The molecule has 0 saturated carbocycles. The third-order valence-electron chi connectivity index (χ3n) is 8.90. The Hall–Kier alpha value is -6.26. The third-order valence-corrected chi connectivity index (χ3v) is 8.90. The molecule has 51 heavy (non-hydrogen) atoms. The van der Waals surface area contributed by atoms with Gasteiger partial charge >= 0.3 is 0 Å². The van der Waals surface area contributed by atoms with Crippen LogP contribution in [0, 0.1) is 6.85 Å². The van der Waals surface area contributed by atoms with E-state index < -0.39 is 54.7 Å². The molecule has 2 heterocycles. The lowest BCUT2D eigenvalue weighted by Gasteiger charge is -2.22. The van der Waals surface area contributed by atoms with Crippen LogP contribution in [0.3, 0.4) is 0 Å². The summed E-state index contributed by atoms with van der Waals surface area (Å²) in [4.78, 5) is 9.55. The molecule has 8 rings (SSSR count). The van der Waals surface area contributed by atoms with Gasteiger partial charge in [-0.3, -0.25) is 9.55 Å². The summed E-state index contributed by atoms with van der Waals surface area (Å²) < 4.78 is 96.1. The topological polar surface area (TPSA) is 50.9 Å². The molecule has 0 saturated heterocycles. The number of aryl methyl sites for hydroxylation is 1. The molecular formula is C47H39N3O. The van der Waals surface area contributed by atoms with E-state index in [1.165, 1.54) is 0 Å². The Labute approximate surface area is 314 Å². The first-order valence-electron chi connectivity index (χ1n) is 22.0. The van der Waals surface area contributed by atoms with E-state index in [1.54, 1.807) is 42.5 Å². The summed E-state index contributed by atoms with van der Waals surface area (Å²) in [7, 11) is 0. The van der Waals surface area contributed by atoms with Gasteiger partial charge in [0, 0.05) is 27.1 Å². The molecule has 2 aromatic heterocycles. The van der Waals surface area contributed by atoms with Gasteiger partial charge < -0.3 is 5.11 Å². The van der Waals surface area contributed by atoms with E-state index in [0.29, 0.717) is 50.4 Å². The number of hydrogen-bond acceptors (Lipinski definition) is 3. The van der Waals surface area contributed by atoms with E-state index in [0.717, 1.165) is 11.1 Å². The number of phenols is 1. The Morgan fingerprint density at radius 3 is 2.22 bits per heavy atom. The van der Waals surface area contributed by atoms with Crippen molar-refractivity contribution in [1.82, 2.24) is 14.5 Å². The standard InChI is InChI=1S/C47H39N3O/c1-31-26-38(22-23-39(31)33-16-9-6-10-17-33)50-43-20-13-19-40(45(43)49-46(50)41-18-11-12-21-44(41)51)35-27-36(29-37(28-35)47(2,3)4)42-30-34(24-25-48-42)32-14-7-5-8-15-32/h5-30,51H,1-4H3/i1D3,5D,7D,8D,14D,15D,24D,25D,30D. The first-order chi connectivity index (χ1) is 29.3. The van der Waals surface area contributed by atoms with Crippen LogP contribution in [-0.2, 0) is 5.41 Å². The Kier molecular flexibility index (Phi) is 5.49. The minimum Gasteiger partial charge on any atom is -0.507 e.